The molecule has 0 saturated carbocycles. The minimum atomic E-state index is -0.0369. The third-order valence-corrected chi connectivity index (χ3v) is 5.62. The van der Waals surface area contributed by atoms with Crippen molar-refractivity contribution in [2.75, 3.05) is 31.2 Å². The van der Waals surface area contributed by atoms with Crippen molar-refractivity contribution in [3.8, 4) is 5.75 Å². The third-order valence-electron chi connectivity index (χ3n) is 5.62. The van der Waals surface area contributed by atoms with Crippen molar-refractivity contribution in [1.82, 2.24) is 0 Å². The van der Waals surface area contributed by atoms with Crippen molar-refractivity contribution in [3.05, 3.63) is 69.4 Å². The predicted molar refractivity (Wildman–Crippen MR) is 120 cm³/mol. The maximum atomic E-state index is 12.6. The molecule has 158 valence electrons. The quantitative estimate of drug-likeness (QED) is 0.621. The molecule has 0 aliphatic carbocycles. The van der Waals surface area contributed by atoms with E-state index in [4.69, 9.17) is 13.9 Å². The SMILES string of the molecule is Cc1c(OCc2ccc(C(C)(C)C)cc2)ccc2c(=O)cc(N3CCOCC3)oc12. The van der Waals surface area contributed by atoms with Crippen LogP contribution in [-0.4, -0.2) is 26.3 Å². The van der Waals surface area contributed by atoms with Crippen LogP contribution in [0.25, 0.3) is 11.0 Å². The molecular formula is C25H29NO4. The Morgan fingerprint density at radius 2 is 1.73 bits per heavy atom. The van der Waals surface area contributed by atoms with Crippen molar-refractivity contribution in [2.24, 2.45) is 0 Å². The molecule has 3 aromatic rings. The van der Waals surface area contributed by atoms with Crippen molar-refractivity contribution >= 4 is 16.9 Å². The van der Waals surface area contributed by atoms with Gasteiger partial charge in [0.1, 0.15) is 17.9 Å². The molecule has 0 radical (unpaired) electrons. The van der Waals surface area contributed by atoms with E-state index in [9.17, 15) is 4.79 Å². The van der Waals surface area contributed by atoms with Crippen LogP contribution in [0.5, 0.6) is 5.75 Å². The van der Waals surface area contributed by atoms with Gasteiger partial charge in [-0.2, -0.15) is 0 Å². The molecule has 1 aromatic heterocycles. The zero-order valence-corrected chi connectivity index (χ0v) is 18.2. The number of rotatable bonds is 4. The van der Waals surface area contributed by atoms with Gasteiger partial charge in [-0.15, -0.1) is 0 Å². The number of hydrogen-bond donors (Lipinski definition) is 0. The molecule has 5 heteroatoms. The zero-order valence-electron chi connectivity index (χ0n) is 18.2. The fourth-order valence-electron chi connectivity index (χ4n) is 3.68. The summed E-state index contributed by atoms with van der Waals surface area (Å²) in [5.41, 5.74) is 3.92. The Morgan fingerprint density at radius 1 is 1.03 bits per heavy atom. The van der Waals surface area contributed by atoms with Crippen LogP contribution < -0.4 is 15.1 Å². The van der Waals surface area contributed by atoms with Gasteiger partial charge in [0.2, 0.25) is 0 Å². The lowest BCUT2D eigenvalue weighted by Gasteiger charge is -2.27. The Labute approximate surface area is 177 Å². The van der Waals surface area contributed by atoms with Crippen LogP contribution in [0.15, 0.2) is 51.7 Å². The minimum Gasteiger partial charge on any atom is -0.488 e. The van der Waals surface area contributed by atoms with Crippen molar-refractivity contribution < 1.29 is 13.9 Å². The zero-order chi connectivity index (χ0) is 21.3. The second-order valence-electron chi connectivity index (χ2n) is 8.85. The molecule has 4 rings (SSSR count). The molecule has 0 atom stereocenters. The molecule has 1 saturated heterocycles. The molecule has 2 heterocycles. The number of morpholine rings is 1. The summed E-state index contributed by atoms with van der Waals surface area (Å²) in [4.78, 5) is 14.7. The highest BCUT2D eigenvalue weighted by Gasteiger charge is 2.18. The number of hydrogen-bond acceptors (Lipinski definition) is 5. The van der Waals surface area contributed by atoms with Gasteiger partial charge in [-0.25, -0.2) is 0 Å². The smallest absolute Gasteiger partial charge is 0.200 e. The maximum absolute atomic E-state index is 12.6. The van der Waals surface area contributed by atoms with Crippen LogP contribution in [0.2, 0.25) is 0 Å². The van der Waals surface area contributed by atoms with E-state index >= 15 is 0 Å². The number of nitrogens with zero attached hydrogens (tertiary/aromatic N) is 1. The van der Waals surface area contributed by atoms with Gasteiger partial charge < -0.3 is 18.8 Å². The summed E-state index contributed by atoms with van der Waals surface area (Å²) >= 11 is 0. The van der Waals surface area contributed by atoms with Crippen molar-refractivity contribution in [1.29, 1.82) is 0 Å². The number of ether oxygens (including phenoxy) is 2. The second kappa shape index (κ2) is 8.15. The molecule has 1 aliphatic rings. The van der Waals surface area contributed by atoms with Gasteiger partial charge in [-0.05, 0) is 35.6 Å². The van der Waals surface area contributed by atoms with E-state index in [-0.39, 0.29) is 10.8 Å². The molecular weight excluding hydrogens is 378 g/mol. The molecule has 5 nitrogen and oxygen atoms in total. The van der Waals surface area contributed by atoms with Crippen LogP contribution >= 0.6 is 0 Å². The van der Waals surface area contributed by atoms with Gasteiger partial charge in [-0.1, -0.05) is 45.0 Å². The van der Waals surface area contributed by atoms with Gasteiger partial charge in [0.05, 0.1) is 18.6 Å². The van der Waals surface area contributed by atoms with Crippen LogP contribution in [-0.2, 0) is 16.8 Å². The molecule has 30 heavy (non-hydrogen) atoms. The predicted octanol–water partition coefficient (Wildman–Crippen LogP) is 4.81. The van der Waals surface area contributed by atoms with Gasteiger partial charge >= 0.3 is 0 Å². The standard InChI is InChI=1S/C25H29NO4/c1-17-22(29-16-18-5-7-19(8-6-18)25(2,3)4)10-9-20-21(27)15-23(30-24(17)20)26-11-13-28-14-12-26/h5-10,15H,11-14,16H2,1-4H3. The maximum Gasteiger partial charge on any atom is 0.200 e. The second-order valence-corrected chi connectivity index (χ2v) is 8.85. The van der Waals surface area contributed by atoms with E-state index in [0.717, 1.165) is 16.9 Å². The highest BCUT2D eigenvalue weighted by Crippen LogP contribution is 2.30. The molecule has 0 spiro atoms. The number of aryl methyl sites for hydroxylation is 1. The van der Waals surface area contributed by atoms with E-state index < -0.39 is 0 Å². The fourth-order valence-corrected chi connectivity index (χ4v) is 3.68. The monoisotopic (exact) mass is 407 g/mol. The number of fused-ring (bicyclic) bond motifs is 1. The van der Waals surface area contributed by atoms with E-state index in [2.05, 4.69) is 45.0 Å². The van der Waals surface area contributed by atoms with Crippen molar-refractivity contribution in [2.45, 2.75) is 39.7 Å². The largest absolute Gasteiger partial charge is 0.488 e. The average Bonchev–Trinajstić information content (AvgIpc) is 2.74. The number of anilines is 1. The Morgan fingerprint density at radius 3 is 2.40 bits per heavy atom. The Bertz CT molecular complexity index is 1090. The summed E-state index contributed by atoms with van der Waals surface area (Å²) in [5.74, 6) is 1.32. The first kappa shape index (κ1) is 20.5. The topological polar surface area (TPSA) is 51.9 Å². The van der Waals surface area contributed by atoms with Crippen LogP contribution in [0.4, 0.5) is 5.88 Å². The molecule has 0 bridgehead atoms. The highest BCUT2D eigenvalue weighted by molar-refractivity contribution is 5.82. The Hall–Kier alpha value is -2.79. The Balaban J connectivity index is 1.58. The van der Waals surface area contributed by atoms with Gasteiger partial charge in [0, 0.05) is 24.7 Å². The van der Waals surface area contributed by atoms with Gasteiger partial charge in [-0.3, -0.25) is 4.79 Å². The average molecular weight is 408 g/mol. The minimum absolute atomic E-state index is 0.0369. The first-order chi connectivity index (χ1) is 14.3. The third kappa shape index (κ3) is 4.21. The highest BCUT2D eigenvalue weighted by atomic mass is 16.5. The molecule has 2 aromatic carbocycles. The van der Waals surface area contributed by atoms with E-state index in [1.807, 2.05) is 17.9 Å². The molecule has 1 aliphatic heterocycles. The Kier molecular flexibility index (Phi) is 5.56. The molecule has 0 N–H and O–H groups in total. The van der Waals surface area contributed by atoms with E-state index in [1.54, 1.807) is 12.1 Å². The van der Waals surface area contributed by atoms with Crippen LogP contribution in [0.1, 0.15) is 37.5 Å². The van der Waals surface area contributed by atoms with E-state index in [1.165, 1.54) is 5.56 Å². The van der Waals surface area contributed by atoms with Crippen molar-refractivity contribution in [3.63, 3.8) is 0 Å². The summed E-state index contributed by atoms with van der Waals surface area (Å²) in [6.07, 6.45) is 0. The lowest BCUT2D eigenvalue weighted by atomic mass is 9.87. The van der Waals surface area contributed by atoms with E-state index in [0.29, 0.717) is 49.8 Å². The normalized spacial score (nSPS) is 14.9. The summed E-state index contributed by atoms with van der Waals surface area (Å²) < 4.78 is 17.6. The number of benzene rings is 2. The lowest BCUT2D eigenvalue weighted by molar-refractivity contribution is 0.121. The van der Waals surface area contributed by atoms with Gasteiger partial charge in [0.25, 0.3) is 0 Å². The first-order valence-corrected chi connectivity index (χ1v) is 10.5. The molecule has 1 fully saturated rings. The summed E-state index contributed by atoms with van der Waals surface area (Å²) in [6.45, 7) is 11.7. The summed E-state index contributed by atoms with van der Waals surface area (Å²) in [5, 5.41) is 0.575. The van der Waals surface area contributed by atoms with Crippen LogP contribution in [0, 0.1) is 6.92 Å². The summed E-state index contributed by atoms with van der Waals surface area (Å²) in [6, 6.07) is 13.7. The molecule has 0 unspecified atom stereocenters. The molecule has 0 amide bonds. The van der Waals surface area contributed by atoms with Gasteiger partial charge in [0.15, 0.2) is 11.3 Å². The van der Waals surface area contributed by atoms with Crippen LogP contribution in [0.3, 0.4) is 0 Å². The first-order valence-electron chi connectivity index (χ1n) is 10.5. The fraction of sp³-hybridized carbons (Fsp3) is 0.400. The lowest BCUT2D eigenvalue weighted by Crippen LogP contribution is -2.36. The summed E-state index contributed by atoms with van der Waals surface area (Å²) in [7, 11) is 0.